The van der Waals surface area contributed by atoms with Gasteiger partial charge in [-0.3, -0.25) is 0 Å². The maximum Gasteiger partial charge on any atom is 0.333 e. The van der Waals surface area contributed by atoms with Crippen molar-refractivity contribution in [1.82, 2.24) is 0 Å². The third kappa shape index (κ3) is 5.88. The van der Waals surface area contributed by atoms with E-state index in [1.807, 2.05) is 0 Å². The van der Waals surface area contributed by atoms with Gasteiger partial charge in [-0.25, -0.2) is 14.6 Å². The highest BCUT2D eigenvalue weighted by Crippen LogP contribution is 1.91. The lowest BCUT2D eigenvalue weighted by Crippen LogP contribution is -2.11. The summed E-state index contributed by atoms with van der Waals surface area (Å²) < 4.78 is 4.71. The first-order chi connectivity index (χ1) is 5.68. The van der Waals surface area contributed by atoms with Crippen LogP contribution in [-0.2, 0) is 19.3 Å². The highest BCUT2D eigenvalue weighted by Gasteiger charge is 2.01. The van der Waals surface area contributed by atoms with Crippen LogP contribution in [-0.4, -0.2) is 25.8 Å². The number of carbonyl (C=O) groups excluding carboxylic acids is 1. The van der Waals surface area contributed by atoms with Crippen molar-refractivity contribution in [3.8, 4) is 0 Å². The number of ether oxygens (including phenoxy) is 1. The van der Waals surface area contributed by atoms with Crippen LogP contribution in [0.1, 0.15) is 13.8 Å². The molecular weight excluding hydrogens is 160 g/mol. The van der Waals surface area contributed by atoms with Crippen molar-refractivity contribution in [2.24, 2.45) is 0 Å². The lowest BCUT2D eigenvalue weighted by molar-refractivity contribution is -0.294. The monoisotopic (exact) mass is 174 g/mol. The van der Waals surface area contributed by atoms with Gasteiger partial charge in [-0.2, -0.15) is 0 Å². The molecule has 0 atom stereocenters. The number of esters is 1. The summed E-state index contributed by atoms with van der Waals surface area (Å²) in [5, 5.41) is 0. The van der Waals surface area contributed by atoms with Crippen LogP contribution in [0.15, 0.2) is 12.2 Å². The average Bonchev–Trinajstić information content (AvgIpc) is 2.03. The Labute approximate surface area is 72.0 Å². The lowest BCUT2D eigenvalue weighted by Gasteiger charge is -2.03. The molecule has 0 fully saturated rings. The number of hydrogen-bond donors (Lipinski definition) is 0. The molecule has 0 saturated heterocycles. The zero-order chi connectivity index (χ0) is 9.40. The van der Waals surface area contributed by atoms with E-state index < -0.39 is 5.97 Å². The fourth-order valence-corrected chi connectivity index (χ4v) is 0.434. The second kappa shape index (κ2) is 6.82. The highest BCUT2D eigenvalue weighted by molar-refractivity contribution is 5.86. The van der Waals surface area contributed by atoms with E-state index in [4.69, 9.17) is 4.74 Å². The summed E-state index contributed by atoms with van der Waals surface area (Å²) in [5.74, 6) is -0.407. The van der Waals surface area contributed by atoms with Crippen molar-refractivity contribution >= 4 is 5.97 Å². The second-order valence-corrected chi connectivity index (χ2v) is 2.14. The van der Waals surface area contributed by atoms with Gasteiger partial charge in [0.05, 0.1) is 6.61 Å². The Bertz CT molecular complexity index is 153. The predicted molar refractivity (Wildman–Crippen MR) is 43.4 cm³/mol. The van der Waals surface area contributed by atoms with Gasteiger partial charge in [0, 0.05) is 5.57 Å². The Morgan fingerprint density at radius 1 is 1.33 bits per heavy atom. The summed E-state index contributed by atoms with van der Waals surface area (Å²) >= 11 is 0. The molecule has 70 valence electrons. The Kier molecular flexibility index (Phi) is 6.32. The van der Waals surface area contributed by atoms with Crippen LogP contribution in [0.25, 0.3) is 0 Å². The van der Waals surface area contributed by atoms with Gasteiger partial charge in [0.2, 0.25) is 0 Å². The molecule has 0 spiro atoms. The first-order valence-corrected chi connectivity index (χ1v) is 3.75. The molecule has 0 aliphatic carbocycles. The summed E-state index contributed by atoms with van der Waals surface area (Å²) in [7, 11) is 0. The van der Waals surface area contributed by atoms with Crippen molar-refractivity contribution in [3.63, 3.8) is 0 Å². The van der Waals surface area contributed by atoms with Gasteiger partial charge in [0.25, 0.3) is 0 Å². The van der Waals surface area contributed by atoms with Gasteiger partial charge in [-0.1, -0.05) is 6.58 Å². The minimum Gasteiger partial charge on any atom is -0.460 e. The summed E-state index contributed by atoms with van der Waals surface area (Å²) in [4.78, 5) is 19.9. The normalized spacial score (nSPS) is 9.50. The topological polar surface area (TPSA) is 44.8 Å². The Morgan fingerprint density at radius 3 is 2.50 bits per heavy atom. The minimum absolute atomic E-state index is 0.186. The van der Waals surface area contributed by atoms with Crippen LogP contribution in [0.2, 0.25) is 0 Å². The summed E-state index contributed by atoms with van der Waals surface area (Å²) in [5.41, 5.74) is 0.381. The van der Waals surface area contributed by atoms with Crippen LogP contribution in [0.3, 0.4) is 0 Å². The molecule has 0 heterocycles. The molecule has 0 aliphatic rings. The summed E-state index contributed by atoms with van der Waals surface area (Å²) in [6, 6.07) is 0. The van der Waals surface area contributed by atoms with Gasteiger partial charge in [-0.05, 0) is 13.8 Å². The van der Waals surface area contributed by atoms with E-state index in [9.17, 15) is 4.79 Å². The summed E-state index contributed by atoms with van der Waals surface area (Å²) in [6.45, 7) is 7.73. The van der Waals surface area contributed by atoms with Crippen molar-refractivity contribution in [2.75, 3.05) is 19.8 Å². The van der Waals surface area contributed by atoms with E-state index in [1.165, 1.54) is 0 Å². The molecule has 0 N–H and O–H groups in total. The predicted octanol–water partition coefficient (Wildman–Crippen LogP) is 1.07. The fourth-order valence-electron chi connectivity index (χ4n) is 0.434. The van der Waals surface area contributed by atoms with Crippen molar-refractivity contribution in [3.05, 3.63) is 12.2 Å². The van der Waals surface area contributed by atoms with Gasteiger partial charge in [0.15, 0.2) is 0 Å². The van der Waals surface area contributed by atoms with E-state index >= 15 is 0 Å². The molecule has 0 bridgehead atoms. The molecule has 0 radical (unpaired) electrons. The maximum absolute atomic E-state index is 10.8. The maximum atomic E-state index is 10.8. The van der Waals surface area contributed by atoms with Crippen molar-refractivity contribution < 1.29 is 19.3 Å². The number of carbonyl (C=O) groups is 1. The van der Waals surface area contributed by atoms with Gasteiger partial charge in [-0.15, -0.1) is 0 Å². The largest absolute Gasteiger partial charge is 0.460 e. The molecule has 4 nitrogen and oxygen atoms in total. The van der Waals surface area contributed by atoms with Crippen LogP contribution in [0.4, 0.5) is 0 Å². The Balaban J connectivity index is 3.20. The van der Waals surface area contributed by atoms with Gasteiger partial charge < -0.3 is 4.74 Å². The van der Waals surface area contributed by atoms with Crippen LogP contribution in [0, 0.1) is 0 Å². The molecule has 0 saturated carbocycles. The molecule has 0 aromatic carbocycles. The van der Waals surface area contributed by atoms with E-state index in [1.54, 1.807) is 13.8 Å². The van der Waals surface area contributed by atoms with Crippen LogP contribution < -0.4 is 0 Å². The Hall–Kier alpha value is -0.870. The zero-order valence-corrected chi connectivity index (χ0v) is 7.46. The van der Waals surface area contributed by atoms with E-state index in [-0.39, 0.29) is 13.2 Å². The molecule has 0 aromatic rings. The highest BCUT2D eigenvalue weighted by atomic mass is 17.2. The van der Waals surface area contributed by atoms with Crippen molar-refractivity contribution in [1.29, 1.82) is 0 Å². The summed E-state index contributed by atoms with van der Waals surface area (Å²) in [6.07, 6.45) is 0. The second-order valence-electron chi connectivity index (χ2n) is 2.14. The third-order valence-corrected chi connectivity index (χ3v) is 0.949. The molecule has 0 aromatic heterocycles. The average molecular weight is 174 g/mol. The lowest BCUT2D eigenvalue weighted by atomic mass is 10.4. The number of hydrogen-bond acceptors (Lipinski definition) is 4. The molecule has 12 heavy (non-hydrogen) atoms. The third-order valence-electron chi connectivity index (χ3n) is 0.949. The van der Waals surface area contributed by atoms with E-state index in [0.29, 0.717) is 12.2 Å². The van der Waals surface area contributed by atoms with Crippen molar-refractivity contribution in [2.45, 2.75) is 13.8 Å². The van der Waals surface area contributed by atoms with E-state index in [2.05, 4.69) is 16.4 Å². The SMILES string of the molecule is C=C(C)C(=O)OCCOOCC. The molecule has 0 unspecified atom stereocenters. The molecule has 0 amide bonds. The Morgan fingerprint density at radius 2 is 2.00 bits per heavy atom. The quantitative estimate of drug-likeness (QED) is 0.199. The van der Waals surface area contributed by atoms with Gasteiger partial charge in [0.1, 0.15) is 13.2 Å². The minimum atomic E-state index is -0.407. The van der Waals surface area contributed by atoms with Crippen LogP contribution in [0.5, 0.6) is 0 Å². The van der Waals surface area contributed by atoms with Crippen LogP contribution >= 0.6 is 0 Å². The zero-order valence-electron chi connectivity index (χ0n) is 7.46. The van der Waals surface area contributed by atoms with Gasteiger partial charge >= 0.3 is 5.97 Å². The molecular formula is C8H14O4. The molecule has 4 heteroatoms. The molecule has 0 rings (SSSR count). The molecule has 0 aliphatic heterocycles. The first-order valence-electron chi connectivity index (χ1n) is 3.75. The van der Waals surface area contributed by atoms with E-state index in [0.717, 1.165) is 0 Å². The first kappa shape index (κ1) is 11.1. The smallest absolute Gasteiger partial charge is 0.333 e. The fraction of sp³-hybridized carbons (Fsp3) is 0.625. The number of rotatable bonds is 6. The standard InChI is InChI=1S/C8H14O4/c1-4-11-12-6-5-10-8(9)7(2)3/h2,4-6H2,1,3H3.